The van der Waals surface area contributed by atoms with Crippen molar-refractivity contribution in [2.45, 2.75) is 20.8 Å². The van der Waals surface area contributed by atoms with Crippen molar-refractivity contribution < 1.29 is 19.1 Å². The quantitative estimate of drug-likeness (QED) is 0.626. The molecule has 0 fully saturated rings. The van der Waals surface area contributed by atoms with E-state index < -0.39 is 0 Å². The first-order valence-electron chi connectivity index (χ1n) is 6.35. The lowest BCUT2D eigenvalue weighted by Crippen LogP contribution is -2.17. The maximum Gasteiger partial charge on any atom is 0.337 e. The molecule has 108 valence electrons. The van der Waals surface area contributed by atoms with Gasteiger partial charge >= 0.3 is 11.9 Å². The second-order valence-corrected chi connectivity index (χ2v) is 5.62. The molecule has 0 saturated carbocycles. The molecule has 0 saturated heterocycles. The second kappa shape index (κ2) is 6.89. The Balaban J connectivity index is 2.58. The van der Waals surface area contributed by atoms with Crippen LogP contribution in [0.25, 0.3) is 6.08 Å². The van der Waals surface area contributed by atoms with Crippen molar-refractivity contribution in [1.82, 2.24) is 0 Å². The Morgan fingerprint density at radius 1 is 1.15 bits per heavy atom. The summed E-state index contributed by atoms with van der Waals surface area (Å²) in [6.45, 7) is 6.36. The smallest absolute Gasteiger partial charge is 0.337 e. The Kier molecular flexibility index (Phi) is 5.50. The molecule has 0 aliphatic rings. The van der Waals surface area contributed by atoms with E-state index in [0.29, 0.717) is 12.2 Å². The molecule has 1 aromatic carbocycles. The molecule has 0 atom stereocenters. The standard InChI is InChI=1S/C16H20O4/c1-16(2,3)11-20-14(17)10-7-12-5-8-13(9-6-12)15(18)19-4/h5-10H,11H2,1-4H3. The molecule has 0 amide bonds. The van der Waals surface area contributed by atoms with Crippen LogP contribution in [-0.4, -0.2) is 25.7 Å². The minimum Gasteiger partial charge on any atom is -0.465 e. The Morgan fingerprint density at radius 2 is 1.75 bits per heavy atom. The lowest BCUT2D eigenvalue weighted by molar-refractivity contribution is -0.140. The van der Waals surface area contributed by atoms with Crippen LogP contribution in [0.5, 0.6) is 0 Å². The molecule has 1 aromatic rings. The van der Waals surface area contributed by atoms with Gasteiger partial charge in [-0.1, -0.05) is 32.9 Å². The summed E-state index contributed by atoms with van der Waals surface area (Å²) in [4.78, 5) is 22.8. The van der Waals surface area contributed by atoms with Crippen LogP contribution in [0.15, 0.2) is 30.3 Å². The van der Waals surface area contributed by atoms with Crippen molar-refractivity contribution >= 4 is 18.0 Å². The first-order chi connectivity index (χ1) is 9.31. The molecule has 0 aliphatic heterocycles. The van der Waals surface area contributed by atoms with Crippen molar-refractivity contribution in [2.24, 2.45) is 5.41 Å². The number of esters is 2. The summed E-state index contributed by atoms with van der Waals surface area (Å²) in [5.41, 5.74) is 1.23. The zero-order valence-electron chi connectivity index (χ0n) is 12.3. The molecular formula is C16H20O4. The van der Waals surface area contributed by atoms with Crippen LogP contribution in [0.2, 0.25) is 0 Å². The number of methoxy groups -OCH3 is 1. The summed E-state index contributed by atoms with van der Waals surface area (Å²) in [6.07, 6.45) is 3.02. The van der Waals surface area contributed by atoms with E-state index >= 15 is 0 Å². The number of hydrogen-bond donors (Lipinski definition) is 0. The van der Waals surface area contributed by atoms with E-state index in [1.165, 1.54) is 13.2 Å². The Bertz CT molecular complexity index is 492. The first kappa shape index (κ1) is 16.0. The van der Waals surface area contributed by atoms with Crippen molar-refractivity contribution in [3.8, 4) is 0 Å². The van der Waals surface area contributed by atoms with Crippen LogP contribution < -0.4 is 0 Å². The first-order valence-corrected chi connectivity index (χ1v) is 6.35. The van der Waals surface area contributed by atoms with Gasteiger partial charge in [-0.2, -0.15) is 0 Å². The average Bonchev–Trinajstić information content (AvgIpc) is 2.41. The fourth-order valence-electron chi connectivity index (χ4n) is 1.35. The predicted octanol–water partition coefficient (Wildman–Crippen LogP) is 3.08. The monoisotopic (exact) mass is 276 g/mol. The maximum atomic E-state index is 11.5. The van der Waals surface area contributed by atoms with Crippen LogP contribution in [-0.2, 0) is 14.3 Å². The summed E-state index contributed by atoms with van der Waals surface area (Å²) in [5.74, 6) is -0.762. The van der Waals surface area contributed by atoms with Gasteiger partial charge in [-0.15, -0.1) is 0 Å². The zero-order valence-corrected chi connectivity index (χ0v) is 12.3. The molecule has 0 bridgehead atoms. The highest BCUT2D eigenvalue weighted by Crippen LogP contribution is 2.13. The van der Waals surface area contributed by atoms with Gasteiger partial charge in [0.25, 0.3) is 0 Å². The van der Waals surface area contributed by atoms with Gasteiger partial charge in [-0.05, 0) is 29.2 Å². The topological polar surface area (TPSA) is 52.6 Å². The highest BCUT2D eigenvalue weighted by Gasteiger charge is 2.12. The molecule has 0 N–H and O–H groups in total. The zero-order chi connectivity index (χ0) is 15.2. The number of ether oxygens (including phenoxy) is 2. The van der Waals surface area contributed by atoms with Gasteiger partial charge in [0, 0.05) is 6.08 Å². The molecule has 4 heteroatoms. The fraction of sp³-hybridized carbons (Fsp3) is 0.375. The number of rotatable bonds is 4. The van der Waals surface area contributed by atoms with E-state index in [4.69, 9.17) is 4.74 Å². The summed E-state index contributed by atoms with van der Waals surface area (Å²) in [7, 11) is 1.33. The number of benzene rings is 1. The molecule has 0 unspecified atom stereocenters. The Morgan fingerprint density at radius 3 is 2.25 bits per heavy atom. The Hall–Kier alpha value is -2.10. The lowest BCUT2D eigenvalue weighted by Gasteiger charge is -2.16. The summed E-state index contributed by atoms with van der Waals surface area (Å²) >= 11 is 0. The van der Waals surface area contributed by atoms with Crippen LogP contribution >= 0.6 is 0 Å². The van der Waals surface area contributed by atoms with Crippen LogP contribution in [0.3, 0.4) is 0 Å². The molecule has 0 spiro atoms. The van der Waals surface area contributed by atoms with Gasteiger partial charge in [0.1, 0.15) is 0 Å². The van der Waals surface area contributed by atoms with Crippen LogP contribution in [0.4, 0.5) is 0 Å². The molecule has 20 heavy (non-hydrogen) atoms. The van der Waals surface area contributed by atoms with Crippen molar-refractivity contribution in [3.63, 3.8) is 0 Å². The van der Waals surface area contributed by atoms with Crippen LogP contribution in [0, 0.1) is 5.41 Å². The highest BCUT2D eigenvalue weighted by atomic mass is 16.5. The fourth-order valence-corrected chi connectivity index (χ4v) is 1.35. The van der Waals surface area contributed by atoms with Crippen molar-refractivity contribution in [3.05, 3.63) is 41.5 Å². The Labute approximate surface area is 119 Å². The molecule has 4 nitrogen and oxygen atoms in total. The predicted molar refractivity (Wildman–Crippen MR) is 77.2 cm³/mol. The highest BCUT2D eigenvalue weighted by molar-refractivity contribution is 5.90. The normalized spacial score (nSPS) is 11.4. The van der Waals surface area contributed by atoms with E-state index in [1.807, 2.05) is 20.8 Å². The molecule has 0 aliphatic carbocycles. The molecular weight excluding hydrogens is 256 g/mol. The van der Waals surface area contributed by atoms with E-state index in [2.05, 4.69) is 4.74 Å². The lowest BCUT2D eigenvalue weighted by atomic mass is 9.99. The average molecular weight is 276 g/mol. The molecule has 0 heterocycles. The van der Waals surface area contributed by atoms with Gasteiger partial charge < -0.3 is 9.47 Å². The SMILES string of the molecule is COC(=O)c1ccc(C=CC(=O)OCC(C)(C)C)cc1. The van der Waals surface area contributed by atoms with Gasteiger partial charge in [0.15, 0.2) is 0 Å². The number of hydrogen-bond acceptors (Lipinski definition) is 4. The van der Waals surface area contributed by atoms with Crippen molar-refractivity contribution in [1.29, 1.82) is 0 Å². The molecule has 0 aromatic heterocycles. The molecule has 0 radical (unpaired) electrons. The van der Waals surface area contributed by atoms with E-state index in [9.17, 15) is 9.59 Å². The number of carbonyl (C=O) groups excluding carboxylic acids is 2. The summed E-state index contributed by atoms with van der Waals surface area (Å²) in [6, 6.07) is 6.76. The minimum atomic E-state index is -0.384. The third-order valence-corrected chi connectivity index (χ3v) is 2.39. The summed E-state index contributed by atoms with van der Waals surface area (Å²) in [5, 5.41) is 0. The van der Waals surface area contributed by atoms with Gasteiger partial charge in [-0.25, -0.2) is 9.59 Å². The maximum absolute atomic E-state index is 11.5. The molecule has 1 rings (SSSR count). The minimum absolute atomic E-state index is 0.0499. The third kappa shape index (κ3) is 5.69. The van der Waals surface area contributed by atoms with Gasteiger partial charge in [0.05, 0.1) is 19.3 Å². The van der Waals surface area contributed by atoms with Crippen LogP contribution in [0.1, 0.15) is 36.7 Å². The third-order valence-electron chi connectivity index (χ3n) is 2.39. The van der Waals surface area contributed by atoms with Crippen molar-refractivity contribution in [2.75, 3.05) is 13.7 Å². The van der Waals surface area contributed by atoms with E-state index in [0.717, 1.165) is 5.56 Å². The van der Waals surface area contributed by atoms with Gasteiger partial charge in [-0.3, -0.25) is 0 Å². The van der Waals surface area contributed by atoms with Gasteiger partial charge in [0.2, 0.25) is 0 Å². The van der Waals surface area contributed by atoms with E-state index in [1.54, 1.807) is 30.3 Å². The summed E-state index contributed by atoms with van der Waals surface area (Å²) < 4.78 is 9.71. The second-order valence-electron chi connectivity index (χ2n) is 5.62. The van der Waals surface area contributed by atoms with E-state index in [-0.39, 0.29) is 17.4 Å². The number of carbonyl (C=O) groups is 2. The largest absolute Gasteiger partial charge is 0.465 e.